The predicted molar refractivity (Wildman–Crippen MR) is 127 cm³/mol. The first-order valence-electron chi connectivity index (χ1n) is 11.3. The zero-order valence-electron chi connectivity index (χ0n) is 19.8. The fourth-order valence-corrected chi connectivity index (χ4v) is 4.75. The first-order chi connectivity index (χ1) is 15.4. The highest BCUT2D eigenvalue weighted by atomic mass is 16.5. The number of hydrogen-bond acceptors (Lipinski definition) is 5. The number of hydrogen-bond donors (Lipinski definition) is 0. The van der Waals surface area contributed by atoms with E-state index in [1.165, 1.54) is 16.8 Å². The Morgan fingerprint density at radius 3 is 2.59 bits per heavy atom. The molecule has 4 rings (SSSR count). The van der Waals surface area contributed by atoms with E-state index >= 15 is 0 Å². The predicted octanol–water partition coefficient (Wildman–Crippen LogP) is 3.32. The number of fused-ring (bicyclic) bond motifs is 1. The van der Waals surface area contributed by atoms with Crippen LogP contribution in [0.4, 0.5) is 5.69 Å². The number of amides is 1. The van der Waals surface area contributed by atoms with Crippen molar-refractivity contribution in [3.8, 4) is 0 Å². The number of para-hydroxylation sites is 1. The van der Waals surface area contributed by atoms with E-state index in [9.17, 15) is 4.79 Å². The van der Waals surface area contributed by atoms with Crippen LogP contribution in [0.3, 0.4) is 0 Å². The van der Waals surface area contributed by atoms with Crippen molar-refractivity contribution in [3.63, 3.8) is 0 Å². The van der Waals surface area contributed by atoms with E-state index in [2.05, 4.69) is 35.1 Å². The summed E-state index contributed by atoms with van der Waals surface area (Å²) in [4.78, 5) is 22.0. The fourth-order valence-electron chi connectivity index (χ4n) is 4.75. The second-order valence-electron chi connectivity index (χ2n) is 8.69. The minimum absolute atomic E-state index is 0.142. The van der Waals surface area contributed by atoms with Gasteiger partial charge in [-0.15, -0.1) is 0 Å². The van der Waals surface area contributed by atoms with Crippen molar-refractivity contribution in [1.82, 2.24) is 19.7 Å². The van der Waals surface area contributed by atoms with Gasteiger partial charge >= 0.3 is 0 Å². The third kappa shape index (κ3) is 4.35. The number of pyridine rings is 1. The number of aryl methyl sites for hydroxylation is 4. The molecule has 0 atom stereocenters. The SMILES string of the molecule is Cc1nc2c(c(C)nn2C)c(C)c1CCC(=O)N(C)Cc1ccccc1N1CCOCC1. The lowest BCUT2D eigenvalue weighted by Gasteiger charge is -2.31. The van der Waals surface area contributed by atoms with E-state index in [0.717, 1.165) is 54.3 Å². The third-order valence-corrected chi connectivity index (χ3v) is 6.50. The van der Waals surface area contributed by atoms with Gasteiger partial charge in [0.1, 0.15) is 0 Å². The molecule has 1 aliphatic rings. The number of ether oxygens (including phenoxy) is 1. The molecular formula is C25H33N5O2. The van der Waals surface area contributed by atoms with E-state index < -0.39 is 0 Å². The van der Waals surface area contributed by atoms with Crippen LogP contribution in [0.15, 0.2) is 24.3 Å². The number of morpholine rings is 1. The lowest BCUT2D eigenvalue weighted by molar-refractivity contribution is -0.130. The normalized spacial score (nSPS) is 14.2. The summed E-state index contributed by atoms with van der Waals surface area (Å²) >= 11 is 0. The minimum atomic E-state index is 0.142. The Bertz CT molecular complexity index is 1130. The highest BCUT2D eigenvalue weighted by molar-refractivity contribution is 5.84. The molecule has 0 bridgehead atoms. The summed E-state index contributed by atoms with van der Waals surface area (Å²) in [6.45, 7) is 10.0. The molecule has 1 fully saturated rings. The Balaban J connectivity index is 1.46. The van der Waals surface area contributed by atoms with Crippen molar-refractivity contribution >= 4 is 22.6 Å². The highest BCUT2D eigenvalue weighted by Crippen LogP contribution is 2.27. The maximum absolute atomic E-state index is 13.0. The molecule has 170 valence electrons. The molecular weight excluding hydrogens is 402 g/mol. The molecule has 32 heavy (non-hydrogen) atoms. The van der Waals surface area contributed by atoms with Gasteiger partial charge in [0.15, 0.2) is 5.65 Å². The largest absolute Gasteiger partial charge is 0.378 e. The molecule has 0 aliphatic carbocycles. The Morgan fingerprint density at radius 1 is 1.12 bits per heavy atom. The summed E-state index contributed by atoms with van der Waals surface area (Å²) in [6.07, 6.45) is 1.15. The van der Waals surface area contributed by atoms with Crippen molar-refractivity contribution < 1.29 is 9.53 Å². The summed E-state index contributed by atoms with van der Waals surface area (Å²) < 4.78 is 7.33. The summed E-state index contributed by atoms with van der Waals surface area (Å²) in [5.41, 5.74) is 7.58. The summed E-state index contributed by atoms with van der Waals surface area (Å²) in [5.74, 6) is 0.142. The van der Waals surface area contributed by atoms with Crippen LogP contribution < -0.4 is 4.90 Å². The number of carbonyl (C=O) groups excluding carboxylic acids is 1. The average molecular weight is 436 g/mol. The van der Waals surface area contributed by atoms with Crippen LogP contribution in [0.5, 0.6) is 0 Å². The fraction of sp³-hybridized carbons (Fsp3) is 0.480. The highest BCUT2D eigenvalue weighted by Gasteiger charge is 2.19. The van der Waals surface area contributed by atoms with Gasteiger partial charge < -0.3 is 14.5 Å². The first kappa shape index (κ1) is 22.3. The minimum Gasteiger partial charge on any atom is -0.378 e. The Kier molecular flexibility index (Phi) is 6.46. The Labute approximate surface area is 190 Å². The molecule has 2 aromatic heterocycles. The van der Waals surface area contributed by atoms with Gasteiger partial charge in [0, 0.05) is 56.9 Å². The second-order valence-corrected chi connectivity index (χ2v) is 8.69. The zero-order valence-corrected chi connectivity index (χ0v) is 19.8. The molecule has 0 spiro atoms. The number of aromatic nitrogens is 3. The standard InChI is InChI=1S/C25H33N5O2/c1-17-21(18(2)26-25-24(17)19(3)27-29(25)5)10-11-23(31)28(4)16-20-8-6-7-9-22(20)30-12-14-32-15-13-30/h6-9H,10-16H2,1-5H3. The Hall–Kier alpha value is -2.93. The molecule has 3 aromatic rings. The van der Waals surface area contributed by atoms with Gasteiger partial charge in [0.05, 0.1) is 18.9 Å². The third-order valence-electron chi connectivity index (χ3n) is 6.50. The lowest BCUT2D eigenvalue weighted by Crippen LogP contribution is -2.37. The van der Waals surface area contributed by atoms with E-state index in [4.69, 9.17) is 9.72 Å². The summed E-state index contributed by atoms with van der Waals surface area (Å²) in [6, 6.07) is 8.36. The van der Waals surface area contributed by atoms with Crippen LogP contribution in [-0.2, 0) is 29.5 Å². The first-order valence-corrected chi connectivity index (χ1v) is 11.3. The van der Waals surface area contributed by atoms with E-state index in [0.29, 0.717) is 19.4 Å². The van der Waals surface area contributed by atoms with Crippen LogP contribution in [0, 0.1) is 20.8 Å². The van der Waals surface area contributed by atoms with Crippen LogP contribution >= 0.6 is 0 Å². The molecule has 0 N–H and O–H groups in total. The van der Waals surface area contributed by atoms with Gasteiger partial charge in [-0.2, -0.15) is 5.10 Å². The molecule has 1 aliphatic heterocycles. The second kappa shape index (κ2) is 9.28. The van der Waals surface area contributed by atoms with Gasteiger partial charge in [0.25, 0.3) is 0 Å². The monoisotopic (exact) mass is 435 g/mol. The van der Waals surface area contributed by atoms with E-state index in [1.54, 1.807) is 0 Å². The number of carbonyl (C=O) groups is 1. The summed E-state index contributed by atoms with van der Waals surface area (Å²) in [5, 5.41) is 5.62. The van der Waals surface area contributed by atoms with Crippen LogP contribution in [0.25, 0.3) is 11.0 Å². The topological polar surface area (TPSA) is 63.5 Å². The van der Waals surface area contributed by atoms with Gasteiger partial charge in [-0.3, -0.25) is 9.48 Å². The average Bonchev–Trinajstić information content (AvgIpc) is 3.07. The molecule has 1 amide bonds. The smallest absolute Gasteiger partial charge is 0.222 e. The zero-order chi connectivity index (χ0) is 22.8. The maximum Gasteiger partial charge on any atom is 0.222 e. The maximum atomic E-state index is 13.0. The lowest BCUT2D eigenvalue weighted by atomic mass is 9.99. The molecule has 1 saturated heterocycles. The van der Waals surface area contributed by atoms with Gasteiger partial charge in [-0.25, -0.2) is 4.98 Å². The molecule has 1 aromatic carbocycles. The Morgan fingerprint density at radius 2 is 1.84 bits per heavy atom. The number of rotatable bonds is 6. The molecule has 0 radical (unpaired) electrons. The molecule has 3 heterocycles. The van der Waals surface area contributed by atoms with Crippen molar-refractivity contribution in [3.05, 3.63) is 52.3 Å². The van der Waals surface area contributed by atoms with Crippen molar-refractivity contribution in [2.24, 2.45) is 7.05 Å². The van der Waals surface area contributed by atoms with Gasteiger partial charge in [-0.1, -0.05) is 18.2 Å². The van der Waals surface area contributed by atoms with Crippen LogP contribution in [0.2, 0.25) is 0 Å². The van der Waals surface area contributed by atoms with Crippen molar-refractivity contribution in [2.45, 2.75) is 40.2 Å². The van der Waals surface area contributed by atoms with Crippen molar-refractivity contribution in [1.29, 1.82) is 0 Å². The van der Waals surface area contributed by atoms with Gasteiger partial charge in [-0.05, 0) is 49.9 Å². The number of nitrogens with zero attached hydrogens (tertiary/aromatic N) is 5. The van der Waals surface area contributed by atoms with E-state index in [-0.39, 0.29) is 5.91 Å². The van der Waals surface area contributed by atoms with Gasteiger partial charge in [0.2, 0.25) is 5.91 Å². The molecule has 0 saturated carbocycles. The molecule has 7 heteroatoms. The summed E-state index contributed by atoms with van der Waals surface area (Å²) in [7, 11) is 3.82. The van der Waals surface area contributed by atoms with Crippen molar-refractivity contribution in [2.75, 3.05) is 38.3 Å². The number of anilines is 1. The number of benzene rings is 1. The van der Waals surface area contributed by atoms with Crippen LogP contribution in [0.1, 0.15) is 34.5 Å². The van der Waals surface area contributed by atoms with Crippen LogP contribution in [-0.4, -0.2) is 58.9 Å². The molecule has 7 nitrogen and oxygen atoms in total. The van der Waals surface area contributed by atoms with E-state index in [1.807, 2.05) is 43.6 Å². The molecule has 0 unspecified atom stereocenters. The quantitative estimate of drug-likeness (QED) is 0.594.